The van der Waals surface area contributed by atoms with Crippen LogP contribution in [-0.2, 0) is 38.1 Å². The van der Waals surface area contributed by atoms with Crippen molar-refractivity contribution >= 4 is 23.7 Å². The van der Waals surface area contributed by atoms with Crippen LogP contribution in [0.15, 0.2) is 11.6 Å². The molecule has 3 rings (SSSR count). The van der Waals surface area contributed by atoms with Crippen LogP contribution in [0, 0.1) is 5.92 Å². The van der Waals surface area contributed by atoms with Crippen molar-refractivity contribution in [3.8, 4) is 0 Å². The smallest absolute Gasteiger partial charge is 0.350 e. The Labute approximate surface area is 175 Å². The van der Waals surface area contributed by atoms with Crippen molar-refractivity contribution in [3.05, 3.63) is 11.6 Å². The van der Waals surface area contributed by atoms with E-state index in [1.165, 1.54) is 13.8 Å². The molecule has 3 heterocycles. The van der Waals surface area contributed by atoms with Crippen molar-refractivity contribution in [2.45, 2.75) is 63.9 Å². The summed E-state index contributed by atoms with van der Waals surface area (Å²) in [4.78, 5) is 52.7. The van der Waals surface area contributed by atoms with Gasteiger partial charge >= 0.3 is 17.9 Å². The van der Waals surface area contributed by atoms with E-state index in [4.69, 9.17) is 18.9 Å². The fraction of sp³-hybridized carbons (Fsp3) is 0.714. The third kappa shape index (κ3) is 4.13. The highest BCUT2D eigenvalue weighted by Gasteiger charge is 2.64. The molecule has 2 fully saturated rings. The van der Waals surface area contributed by atoms with Crippen LogP contribution in [0.5, 0.6) is 0 Å². The minimum absolute atomic E-state index is 0.0788. The number of carbonyl (C=O) groups is 4. The van der Waals surface area contributed by atoms with Gasteiger partial charge in [-0.05, 0) is 27.3 Å². The first-order valence-corrected chi connectivity index (χ1v) is 10.2. The summed E-state index contributed by atoms with van der Waals surface area (Å²) in [5.41, 5.74) is -2.70. The molecule has 0 aliphatic carbocycles. The van der Waals surface area contributed by atoms with Gasteiger partial charge in [0.05, 0.1) is 6.10 Å². The van der Waals surface area contributed by atoms with Crippen molar-refractivity contribution in [3.63, 3.8) is 0 Å². The molecule has 30 heavy (non-hydrogen) atoms. The number of hydrogen-bond acceptors (Lipinski definition) is 9. The van der Waals surface area contributed by atoms with E-state index in [2.05, 4.69) is 0 Å². The van der Waals surface area contributed by atoms with Crippen LogP contribution in [0.2, 0.25) is 0 Å². The maximum Gasteiger partial charge on any atom is 0.350 e. The Hall–Kier alpha value is -2.26. The van der Waals surface area contributed by atoms with E-state index in [1.807, 2.05) is 11.9 Å². The second kappa shape index (κ2) is 8.11. The summed E-state index contributed by atoms with van der Waals surface area (Å²) in [5, 5.41) is 0. The number of carbonyl (C=O) groups excluding carboxylic acids is 4. The topological polar surface area (TPSA) is 112 Å². The molecular formula is C21H29NO8. The molecule has 2 saturated heterocycles. The Morgan fingerprint density at radius 3 is 2.50 bits per heavy atom. The van der Waals surface area contributed by atoms with Gasteiger partial charge in [0.2, 0.25) is 11.4 Å². The molecule has 9 nitrogen and oxygen atoms in total. The van der Waals surface area contributed by atoms with Crippen LogP contribution in [0.3, 0.4) is 0 Å². The van der Waals surface area contributed by atoms with Gasteiger partial charge in [-0.25, -0.2) is 9.59 Å². The molecule has 1 spiro atoms. The van der Waals surface area contributed by atoms with Crippen LogP contribution in [0.4, 0.5) is 0 Å². The SMILES string of the molecule is CC(=O)O[C@]1(C)C(=O)OC/C2=C/CN(C)CC[C@H](OC(=O)[C@]3(C[C@H]1C)O[C@H]3C)C2=O. The molecule has 0 unspecified atom stereocenters. The van der Waals surface area contributed by atoms with Crippen LogP contribution >= 0.6 is 0 Å². The molecule has 0 aromatic heterocycles. The Balaban J connectivity index is 2.01. The molecule has 9 heteroatoms. The van der Waals surface area contributed by atoms with Gasteiger partial charge in [-0.2, -0.15) is 0 Å². The third-order valence-electron chi connectivity index (χ3n) is 6.28. The molecule has 0 aromatic carbocycles. The zero-order valence-electron chi connectivity index (χ0n) is 18.1. The fourth-order valence-corrected chi connectivity index (χ4v) is 3.98. The van der Waals surface area contributed by atoms with Gasteiger partial charge in [-0.1, -0.05) is 13.0 Å². The summed E-state index contributed by atoms with van der Waals surface area (Å²) >= 11 is 0. The van der Waals surface area contributed by atoms with E-state index in [-0.39, 0.29) is 18.6 Å². The predicted molar refractivity (Wildman–Crippen MR) is 103 cm³/mol. The Kier molecular flexibility index (Phi) is 6.06. The van der Waals surface area contributed by atoms with Crippen LogP contribution in [0.1, 0.15) is 40.5 Å². The molecule has 0 N–H and O–H groups in total. The molecule has 0 radical (unpaired) electrons. The Bertz CT molecular complexity index is 792. The lowest BCUT2D eigenvalue weighted by Crippen LogP contribution is -2.50. The van der Waals surface area contributed by atoms with Crippen molar-refractivity contribution in [1.82, 2.24) is 4.90 Å². The monoisotopic (exact) mass is 423 g/mol. The summed E-state index contributed by atoms with van der Waals surface area (Å²) in [5.74, 6) is -3.06. The summed E-state index contributed by atoms with van der Waals surface area (Å²) in [6.07, 6.45) is 0.648. The Morgan fingerprint density at radius 2 is 1.90 bits per heavy atom. The number of ether oxygens (including phenoxy) is 4. The zero-order valence-corrected chi connectivity index (χ0v) is 18.1. The minimum atomic E-state index is -1.65. The molecule has 166 valence electrons. The van der Waals surface area contributed by atoms with E-state index in [0.717, 1.165) is 0 Å². The van der Waals surface area contributed by atoms with Crippen LogP contribution in [0.25, 0.3) is 0 Å². The van der Waals surface area contributed by atoms with Gasteiger partial charge in [-0.3, -0.25) is 9.59 Å². The van der Waals surface area contributed by atoms with Gasteiger partial charge in [0.25, 0.3) is 0 Å². The second-order valence-electron chi connectivity index (χ2n) is 8.57. The first kappa shape index (κ1) is 22.4. The summed E-state index contributed by atoms with van der Waals surface area (Å²) in [7, 11) is 1.88. The predicted octanol–water partition coefficient (Wildman–Crippen LogP) is 0.792. The summed E-state index contributed by atoms with van der Waals surface area (Å²) in [6.45, 7) is 6.82. The number of epoxide rings is 1. The molecule has 0 aromatic rings. The van der Waals surface area contributed by atoms with E-state index in [9.17, 15) is 19.2 Å². The first-order valence-electron chi connectivity index (χ1n) is 10.2. The maximum absolute atomic E-state index is 13.1. The average molecular weight is 423 g/mol. The number of rotatable bonds is 1. The van der Waals surface area contributed by atoms with Crippen molar-refractivity contribution < 1.29 is 38.1 Å². The molecule has 3 aliphatic rings. The van der Waals surface area contributed by atoms with E-state index < -0.39 is 53.0 Å². The largest absolute Gasteiger partial charge is 0.458 e. The second-order valence-corrected chi connectivity index (χ2v) is 8.57. The normalized spacial score (nSPS) is 40.0. The molecular weight excluding hydrogens is 394 g/mol. The minimum Gasteiger partial charge on any atom is -0.458 e. The van der Waals surface area contributed by atoms with Crippen molar-refractivity contribution in [2.75, 3.05) is 26.7 Å². The number of likely N-dealkylation sites (N-methyl/N-ethyl adjacent to an activating group) is 1. The number of nitrogens with zero attached hydrogens (tertiary/aromatic N) is 1. The lowest BCUT2D eigenvalue weighted by molar-refractivity contribution is -0.187. The molecule has 5 atom stereocenters. The number of esters is 3. The number of hydrogen-bond donors (Lipinski definition) is 0. The Morgan fingerprint density at radius 1 is 1.23 bits per heavy atom. The van der Waals surface area contributed by atoms with Crippen molar-refractivity contribution in [2.24, 2.45) is 5.92 Å². The van der Waals surface area contributed by atoms with Crippen molar-refractivity contribution in [1.29, 1.82) is 0 Å². The van der Waals surface area contributed by atoms with Crippen LogP contribution in [-0.4, -0.2) is 78.7 Å². The van der Waals surface area contributed by atoms with Gasteiger partial charge in [0.15, 0.2) is 11.7 Å². The fourth-order valence-electron chi connectivity index (χ4n) is 3.98. The molecule has 3 aliphatic heterocycles. The number of cyclic esters (lactones) is 1. The summed E-state index contributed by atoms with van der Waals surface area (Å²) in [6, 6.07) is 0. The lowest BCUT2D eigenvalue weighted by Gasteiger charge is -2.35. The van der Waals surface area contributed by atoms with E-state index >= 15 is 0 Å². The number of fused-ring (bicyclic) bond motifs is 2. The van der Waals surface area contributed by atoms with Gasteiger partial charge in [-0.15, -0.1) is 0 Å². The average Bonchev–Trinajstić information content (AvgIpc) is 3.32. The molecule has 0 amide bonds. The third-order valence-corrected chi connectivity index (χ3v) is 6.28. The quantitative estimate of drug-likeness (QED) is 0.343. The van der Waals surface area contributed by atoms with Gasteiger partial charge in [0.1, 0.15) is 6.61 Å². The molecule has 2 bridgehead atoms. The van der Waals surface area contributed by atoms with Gasteiger partial charge < -0.3 is 23.8 Å². The van der Waals surface area contributed by atoms with E-state index in [1.54, 1.807) is 19.9 Å². The number of Topliss-reactive ketones (excluding diaryl/α,β-unsaturated/α-hetero) is 1. The first-order chi connectivity index (χ1) is 14.0. The number of ketones is 1. The standard InChI is InChI=1S/C21H29NO8/c1-12-10-21(13(2)29-21)19(26)28-16-7-9-22(5)8-6-15(17(16)24)11-27-18(25)20(12,4)30-14(3)23/h6,12-13,16H,7-11H2,1-5H3/b15-6-/t12-,13+,16+,20+,21-/m1/s1. The highest BCUT2D eigenvalue weighted by molar-refractivity contribution is 6.01. The van der Waals surface area contributed by atoms with Gasteiger partial charge in [0, 0.05) is 37.9 Å². The van der Waals surface area contributed by atoms with E-state index in [0.29, 0.717) is 19.5 Å². The zero-order chi connectivity index (χ0) is 22.3. The highest BCUT2D eigenvalue weighted by Crippen LogP contribution is 2.46. The van der Waals surface area contributed by atoms with Crippen LogP contribution < -0.4 is 0 Å². The lowest BCUT2D eigenvalue weighted by atomic mass is 9.81. The highest BCUT2D eigenvalue weighted by atomic mass is 16.7. The summed E-state index contributed by atoms with van der Waals surface area (Å²) < 4.78 is 22.0. The molecule has 0 saturated carbocycles. The maximum atomic E-state index is 13.1.